The summed E-state index contributed by atoms with van der Waals surface area (Å²) >= 11 is 0. The van der Waals surface area contributed by atoms with E-state index in [-0.39, 0.29) is 18.5 Å². The third kappa shape index (κ3) is 7.84. The first kappa shape index (κ1) is 21.4. The number of nitrogens with zero attached hydrogens (tertiary/aromatic N) is 1. The molecule has 2 N–H and O–H groups in total. The molecule has 1 rings (SSSR count). The van der Waals surface area contributed by atoms with Crippen molar-refractivity contribution < 1.29 is 13.9 Å². The van der Waals surface area contributed by atoms with Crippen LogP contribution in [0.1, 0.15) is 38.3 Å². The molecule has 0 spiro atoms. The number of methoxy groups -OCH3 is 1. The number of hydrogen-bond acceptors (Lipinski definition) is 3. The summed E-state index contributed by atoms with van der Waals surface area (Å²) in [7, 11) is 3.29. The second-order valence-electron chi connectivity index (χ2n) is 6.24. The molecular weight excluding hydrogens is 321 g/mol. The molecule has 0 saturated carbocycles. The minimum Gasteiger partial charge on any atom is -0.380 e. The Balaban J connectivity index is 2.48. The fourth-order valence-electron chi connectivity index (χ4n) is 2.57. The second-order valence-corrected chi connectivity index (χ2v) is 6.24. The molecule has 5 nitrogen and oxygen atoms in total. The van der Waals surface area contributed by atoms with E-state index < -0.39 is 0 Å². The summed E-state index contributed by atoms with van der Waals surface area (Å²) in [5, 5.41) is 6.54. The lowest BCUT2D eigenvalue weighted by atomic mass is 10.0. The Hall–Kier alpha value is -1.66. The van der Waals surface area contributed by atoms with Crippen molar-refractivity contribution >= 4 is 5.96 Å². The van der Waals surface area contributed by atoms with Crippen molar-refractivity contribution in [2.45, 2.75) is 46.4 Å². The van der Waals surface area contributed by atoms with Crippen LogP contribution in [-0.2, 0) is 22.6 Å². The monoisotopic (exact) mass is 353 g/mol. The second kappa shape index (κ2) is 11.8. The van der Waals surface area contributed by atoms with Gasteiger partial charge in [-0.3, -0.25) is 4.99 Å². The van der Waals surface area contributed by atoms with Crippen LogP contribution in [0.25, 0.3) is 0 Å². The zero-order chi connectivity index (χ0) is 18.7. The molecule has 0 saturated heterocycles. The van der Waals surface area contributed by atoms with Crippen LogP contribution in [0.4, 0.5) is 4.39 Å². The van der Waals surface area contributed by atoms with Crippen molar-refractivity contribution in [2.75, 3.05) is 27.3 Å². The molecule has 0 aliphatic rings. The SMILES string of the molecule is CCOC(CCNC(=NC)NCc1ccc(F)c(COC)c1)C(C)C. The Labute approximate surface area is 151 Å². The number of aliphatic imine (C=N–C) groups is 1. The number of halogens is 1. The zero-order valence-corrected chi connectivity index (χ0v) is 16.1. The molecule has 6 heteroatoms. The molecule has 0 bridgehead atoms. The van der Waals surface area contributed by atoms with Crippen molar-refractivity contribution in [1.82, 2.24) is 10.6 Å². The van der Waals surface area contributed by atoms with Crippen LogP contribution in [0.5, 0.6) is 0 Å². The van der Waals surface area contributed by atoms with Crippen LogP contribution in [0, 0.1) is 11.7 Å². The predicted molar refractivity (Wildman–Crippen MR) is 100 cm³/mol. The molecule has 25 heavy (non-hydrogen) atoms. The molecule has 1 unspecified atom stereocenters. The molecule has 1 aromatic carbocycles. The third-order valence-electron chi connectivity index (χ3n) is 3.94. The van der Waals surface area contributed by atoms with E-state index in [2.05, 4.69) is 29.5 Å². The number of rotatable bonds is 10. The first-order valence-electron chi connectivity index (χ1n) is 8.84. The maximum Gasteiger partial charge on any atom is 0.191 e. The fraction of sp³-hybridized carbons (Fsp3) is 0.632. The predicted octanol–water partition coefficient (Wildman–Crippen LogP) is 3.09. The highest BCUT2D eigenvalue weighted by molar-refractivity contribution is 5.79. The van der Waals surface area contributed by atoms with Gasteiger partial charge >= 0.3 is 0 Å². The van der Waals surface area contributed by atoms with Crippen LogP contribution in [0.2, 0.25) is 0 Å². The lowest BCUT2D eigenvalue weighted by Crippen LogP contribution is -2.39. The van der Waals surface area contributed by atoms with E-state index in [0.29, 0.717) is 18.0 Å². The van der Waals surface area contributed by atoms with Gasteiger partial charge in [-0.25, -0.2) is 4.39 Å². The van der Waals surface area contributed by atoms with Gasteiger partial charge in [0.2, 0.25) is 0 Å². The summed E-state index contributed by atoms with van der Waals surface area (Å²) < 4.78 is 24.4. The van der Waals surface area contributed by atoms with E-state index in [1.807, 2.05) is 13.0 Å². The van der Waals surface area contributed by atoms with Gasteiger partial charge in [-0.15, -0.1) is 0 Å². The number of nitrogens with one attached hydrogen (secondary N) is 2. The summed E-state index contributed by atoms with van der Waals surface area (Å²) in [5.41, 5.74) is 1.53. The van der Waals surface area contributed by atoms with Gasteiger partial charge in [0.25, 0.3) is 0 Å². The standard InChI is InChI=1S/C19H32FN3O2/c1-6-25-18(14(2)3)9-10-22-19(21-4)23-12-15-7-8-17(20)16(11-15)13-24-5/h7-8,11,14,18H,6,9-10,12-13H2,1-5H3,(H2,21,22,23). The van der Waals surface area contributed by atoms with Gasteiger partial charge in [0.15, 0.2) is 5.96 Å². The smallest absolute Gasteiger partial charge is 0.191 e. The van der Waals surface area contributed by atoms with Crippen LogP contribution in [-0.4, -0.2) is 39.4 Å². The van der Waals surface area contributed by atoms with Crippen LogP contribution in [0.3, 0.4) is 0 Å². The van der Waals surface area contributed by atoms with Gasteiger partial charge in [0.1, 0.15) is 5.82 Å². The van der Waals surface area contributed by atoms with Gasteiger partial charge in [-0.2, -0.15) is 0 Å². The summed E-state index contributed by atoms with van der Waals surface area (Å²) in [6.07, 6.45) is 1.16. The maximum atomic E-state index is 13.6. The van der Waals surface area contributed by atoms with Gasteiger partial charge in [0, 0.05) is 39.4 Å². The van der Waals surface area contributed by atoms with Crippen LogP contribution >= 0.6 is 0 Å². The highest BCUT2D eigenvalue weighted by Gasteiger charge is 2.13. The number of ether oxygens (including phenoxy) is 2. The Morgan fingerprint density at radius 1 is 1.28 bits per heavy atom. The molecule has 0 radical (unpaired) electrons. The third-order valence-corrected chi connectivity index (χ3v) is 3.94. The maximum absolute atomic E-state index is 13.6. The first-order valence-corrected chi connectivity index (χ1v) is 8.84. The topological polar surface area (TPSA) is 54.9 Å². The molecule has 0 aliphatic carbocycles. The Bertz CT molecular complexity index is 535. The number of benzene rings is 1. The van der Waals surface area contributed by atoms with Crippen LogP contribution in [0.15, 0.2) is 23.2 Å². The van der Waals surface area contributed by atoms with Gasteiger partial charge < -0.3 is 20.1 Å². The molecule has 0 aromatic heterocycles. The minimum atomic E-state index is -0.247. The Kier molecular flexibility index (Phi) is 10.1. The largest absolute Gasteiger partial charge is 0.380 e. The van der Waals surface area contributed by atoms with Crippen molar-refractivity contribution in [3.8, 4) is 0 Å². The molecule has 1 aromatic rings. The summed E-state index contributed by atoms with van der Waals surface area (Å²) in [4.78, 5) is 4.22. The fourth-order valence-corrected chi connectivity index (χ4v) is 2.57. The van der Waals surface area contributed by atoms with Crippen LogP contribution < -0.4 is 10.6 Å². The number of guanidine groups is 1. The van der Waals surface area contributed by atoms with E-state index in [4.69, 9.17) is 9.47 Å². The average Bonchev–Trinajstić information content (AvgIpc) is 2.59. The molecule has 0 amide bonds. The first-order chi connectivity index (χ1) is 12.0. The number of hydrogen-bond donors (Lipinski definition) is 2. The minimum absolute atomic E-state index is 0.240. The Morgan fingerprint density at radius 2 is 2.04 bits per heavy atom. The normalized spacial score (nSPS) is 13.2. The van der Waals surface area contributed by atoms with E-state index in [1.54, 1.807) is 20.2 Å². The molecule has 0 fully saturated rings. The van der Waals surface area contributed by atoms with E-state index in [1.165, 1.54) is 6.07 Å². The lowest BCUT2D eigenvalue weighted by molar-refractivity contribution is 0.0258. The molecule has 0 heterocycles. The van der Waals surface area contributed by atoms with Crippen molar-refractivity contribution in [2.24, 2.45) is 10.9 Å². The van der Waals surface area contributed by atoms with Crippen molar-refractivity contribution in [3.63, 3.8) is 0 Å². The van der Waals surface area contributed by atoms with Gasteiger partial charge in [-0.1, -0.05) is 19.9 Å². The summed E-state index contributed by atoms with van der Waals surface area (Å²) in [6, 6.07) is 5.04. The van der Waals surface area contributed by atoms with Crippen molar-refractivity contribution in [1.29, 1.82) is 0 Å². The van der Waals surface area contributed by atoms with E-state index in [9.17, 15) is 4.39 Å². The Morgan fingerprint density at radius 3 is 2.64 bits per heavy atom. The lowest BCUT2D eigenvalue weighted by Gasteiger charge is -2.21. The zero-order valence-electron chi connectivity index (χ0n) is 16.1. The molecular formula is C19H32FN3O2. The summed E-state index contributed by atoms with van der Waals surface area (Å²) in [5.74, 6) is 0.954. The molecule has 1 atom stereocenters. The highest BCUT2D eigenvalue weighted by atomic mass is 19.1. The van der Waals surface area contributed by atoms with Gasteiger partial charge in [0.05, 0.1) is 12.7 Å². The highest BCUT2D eigenvalue weighted by Crippen LogP contribution is 2.12. The quantitative estimate of drug-likeness (QED) is 0.501. The van der Waals surface area contributed by atoms with E-state index in [0.717, 1.165) is 31.1 Å². The average molecular weight is 353 g/mol. The van der Waals surface area contributed by atoms with Gasteiger partial charge in [-0.05, 0) is 37.0 Å². The van der Waals surface area contributed by atoms with Crippen molar-refractivity contribution in [3.05, 3.63) is 35.1 Å². The molecule has 142 valence electrons. The van der Waals surface area contributed by atoms with E-state index >= 15 is 0 Å². The molecule has 0 aliphatic heterocycles. The summed E-state index contributed by atoms with van der Waals surface area (Å²) in [6.45, 7) is 8.68.